The molecule has 1 saturated heterocycles. The van der Waals surface area contributed by atoms with E-state index in [9.17, 15) is 4.79 Å². The van der Waals surface area contributed by atoms with E-state index < -0.39 is 30.7 Å². The zero-order valence-corrected chi connectivity index (χ0v) is 5.80. The summed E-state index contributed by atoms with van der Waals surface area (Å²) in [7, 11) is 0. The Kier molecular flexibility index (Phi) is 2.56. The molecule has 2 unspecified atom stereocenters. The smallest absolute Gasteiger partial charge is 0.194 e. The summed E-state index contributed by atoms with van der Waals surface area (Å²) in [4.78, 5) is 10.8. The number of hydrogen-bond acceptors (Lipinski definition) is 5. The number of aliphatic hydroxyl groups is 3. The monoisotopic (exact) mass is 162 g/mol. The summed E-state index contributed by atoms with van der Waals surface area (Å²) in [6.07, 6.45) is -3.54. The Morgan fingerprint density at radius 1 is 1.55 bits per heavy atom. The molecule has 0 aromatic carbocycles. The minimum absolute atomic E-state index is 0.152. The van der Waals surface area contributed by atoms with Crippen molar-refractivity contribution >= 4 is 5.78 Å². The van der Waals surface area contributed by atoms with Gasteiger partial charge in [-0.2, -0.15) is 0 Å². The highest BCUT2D eigenvalue weighted by Crippen LogP contribution is 2.10. The van der Waals surface area contributed by atoms with Gasteiger partial charge in [0.15, 0.2) is 5.78 Å². The van der Waals surface area contributed by atoms with Crippen LogP contribution in [0.3, 0.4) is 0 Å². The lowest BCUT2D eigenvalue weighted by atomic mass is 10.0. The Balaban J connectivity index is 2.59. The van der Waals surface area contributed by atoms with Gasteiger partial charge in [0, 0.05) is 0 Å². The molecule has 3 N–H and O–H groups in total. The molecule has 5 heteroatoms. The first-order chi connectivity index (χ1) is 5.16. The molecule has 0 amide bonds. The van der Waals surface area contributed by atoms with Crippen LogP contribution < -0.4 is 0 Å². The minimum atomic E-state index is -1.40. The van der Waals surface area contributed by atoms with Crippen LogP contribution in [0.25, 0.3) is 0 Å². The third-order valence-corrected chi connectivity index (χ3v) is 1.62. The zero-order chi connectivity index (χ0) is 8.43. The van der Waals surface area contributed by atoms with Crippen molar-refractivity contribution in [1.29, 1.82) is 0 Å². The maximum Gasteiger partial charge on any atom is 0.194 e. The highest BCUT2D eigenvalue weighted by Gasteiger charge is 2.36. The molecule has 3 atom stereocenters. The van der Waals surface area contributed by atoms with Crippen molar-refractivity contribution in [1.82, 2.24) is 0 Å². The van der Waals surface area contributed by atoms with Crippen molar-refractivity contribution in [3.63, 3.8) is 0 Å². The molecule has 0 spiro atoms. The Hall–Kier alpha value is -0.490. The molecule has 0 aliphatic carbocycles. The van der Waals surface area contributed by atoms with Gasteiger partial charge in [0.2, 0.25) is 0 Å². The van der Waals surface area contributed by atoms with E-state index in [1.165, 1.54) is 0 Å². The summed E-state index contributed by atoms with van der Waals surface area (Å²) in [5.41, 5.74) is 0. The molecule has 0 bridgehead atoms. The predicted octanol–water partition coefficient (Wildman–Crippen LogP) is -2.33. The number of carbonyl (C=O) groups is 1. The molecule has 64 valence electrons. The standard InChI is InChI=1S/C6H10O5/c7-1-4-6(10)5(9)3(8)2-11-4/h3-4,6-8,10H,1-2H2/t3?,4?,6-/m0/s1. The molecule has 0 aromatic heterocycles. The predicted molar refractivity (Wildman–Crippen MR) is 33.8 cm³/mol. The fourth-order valence-corrected chi connectivity index (χ4v) is 0.921. The maximum absolute atomic E-state index is 10.8. The Morgan fingerprint density at radius 2 is 2.18 bits per heavy atom. The summed E-state index contributed by atoms with van der Waals surface area (Å²) >= 11 is 0. The third-order valence-electron chi connectivity index (χ3n) is 1.62. The topological polar surface area (TPSA) is 87.0 Å². The molecule has 1 aliphatic heterocycles. The number of ketones is 1. The van der Waals surface area contributed by atoms with Crippen LogP contribution in [-0.4, -0.2) is 52.6 Å². The Morgan fingerprint density at radius 3 is 2.73 bits per heavy atom. The average Bonchev–Trinajstić information content (AvgIpc) is 2.01. The molecule has 1 heterocycles. The SMILES string of the molecule is O=C1C(O)COC(CO)[C@@H]1O. The van der Waals surface area contributed by atoms with Gasteiger partial charge in [-0.15, -0.1) is 0 Å². The lowest BCUT2D eigenvalue weighted by Gasteiger charge is -2.28. The molecule has 0 saturated carbocycles. The van der Waals surface area contributed by atoms with Gasteiger partial charge in [-0.1, -0.05) is 0 Å². The molecular weight excluding hydrogens is 152 g/mol. The molecule has 1 rings (SSSR count). The number of hydrogen-bond donors (Lipinski definition) is 3. The van der Waals surface area contributed by atoms with E-state index in [4.69, 9.17) is 20.1 Å². The van der Waals surface area contributed by atoms with Gasteiger partial charge in [-0.3, -0.25) is 4.79 Å². The van der Waals surface area contributed by atoms with Gasteiger partial charge in [0.05, 0.1) is 13.2 Å². The van der Waals surface area contributed by atoms with Crippen LogP contribution in [0.5, 0.6) is 0 Å². The summed E-state index contributed by atoms with van der Waals surface area (Å²) in [5.74, 6) is -0.685. The van der Waals surface area contributed by atoms with Gasteiger partial charge >= 0.3 is 0 Å². The number of ether oxygens (including phenoxy) is 1. The van der Waals surface area contributed by atoms with E-state index in [1.807, 2.05) is 0 Å². The lowest BCUT2D eigenvalue weighted by Crippen LogP contribution is -2.51. The summed E-state index contributed by atoms with van der Waals surface area (Å²) < 4.78 is 4.75. The van der Waals surface area contributed by atoms with Crippen molar-refractivity contribution < 1.29 is 24.9 Å². The van der Waals surface area contributed by atoms with Crippen molar-refractivity contribution in [2.45, 2.75) is 18.3 Å². The van der Waals surface area contributed by atoms with Crippen molar-refractivity contribution in [3.8, 4) is 0 Å². The highest BCUT2D eigenvalue weighted by atomic mass is 16.5. The second kappa shape index (κ2) is 3.27. The fraction of sp³-hybridized carbons (Fsp3) is 0.833. The Labute approximate surface area is 63.2 Å². The second-order valence-electron chi connectivity index (χ2n) is 2.42. The summed E-state index contributed by atoms with van der Waals surface area (Å²) in [6.45, 7) is -0.569. The second-order valence-corrected chi connectivity index (χ2v) is 2.42. The first kappa shape index (κ1) is 8.61. The largest absolute Gasteiger partial charge is 0.394 e. The molecule has 1 aliphatic rings. The van der Waals surface area contributed by atoms with Crippen LogP contribution in [-0.2, 0) is 9.53 Å². The van der Waals surface area contributed by atoms with E-state index >= 15 is 0 Å². The number of rotatable bonds is 1. The van der Waals surface area contributed by atoms with Crippen LogP contribution in [0.2, 0.25) is 0 Å². The van der Waals surface area contributed by atoms with E-state index in [2.05, 4.69) is 0 Å². The summed E-state index contributed by atoms with van der Waals surface area (Å²) in [6, 6.07) is 0. The van der Waals surface area contributed by atoms with Crippen LogP contribution in [0, 0.1) is 0 Å². The van der Waals surface area contributed by atoms with Crippen molar-refractivity contribution in [3.05, 3.63) is 0 Å². The van der Waals surface area contributed by atoms with Gasteiger partial charge in [-0.05, 0) is 0 Å². The van der Waals surface area contributed by atoms with Gasteiger partial charge in [0.25, 0.3) is 0 Å². The molecule has 5 nitrogen and oxygen atoms in total. The zero-order valence-electron chi connectivity index (χ0n) is 5.80. The Bertz CT molecular complexity index is 157. The quantitative estimate of drug-likeness (QED) is 0.402. The van der Waals surface area contributed by atoms with Crippen molar-refractivity contribution in [2.75, 3.05) is 13.2 Å². The van der Waals surface area contributed by atoms with Crippen LogP contribution in [0.15, 0.2) is 0 Å². The van der Waals surface area contributed by atoms with Crippen LogP contribution >= 0.6 is 0 Å². The molecule has 11 heavy (non-hydrogen) atoms. The maximum atomic E-state index is 10.8. The van der Waals surface area contributed by atoms with E-state index in [0.717, 1.165) is 0 Å². The van der Waals surface area contributed by atoms with E-state index in [-0.39, 0.29) is 6.61 Å². The highest BCUT2D eigenvalue weighted by molar-refractivity contribution is 5.88. The third kappa shape index (κ3) is 1.57. The van der Waals surface area contributed by atoms with Crippen LogP contribution in [0.4, 0.5) is 0 Å². The molecule has 1 fully saturated rings. The molecular formula is C6H10O5. The lowest BCUT2D eigenvalue weighted by molar-refractivity contribution is -0.168. The van der Waals surface area contributed by atoms with E-state index in [1.54, 1.807) is 0 Å². The van der Waals surface area contributed by atoms with Crippen molar-refractivity contribution in [2.24, 2.45) is 0 Å². The van der Waals surface area contributed by atoms with Crippen LogP contribution in [0.1, 0.15) is 0 Å². The number of aliphatic hydroxyl groups excluding tert-OH is 3. The van der Waals surface area contributed by atoms with Gasteiger partial charge in [-0.25, -0.2) is 0 Å². The minimum Gasteiger partial charge on any atom is -0.394 e. The van der Waals surface area contributed by atoms with Gasteiger partial charge < -0.3 is 20.1 Å². The average molecular weight is 162 g/mol. The fourth-order valence-electron chi connectivity index (χ4n) is 0.921. The molecule has 0 aromatic rings. The van der Waals surface area contributed by atoms with Gasteiger partial charge in [0.1, 0.15) is 18.3 Å². The number of carbonyl (C=O) groups excluding carboxylic acids is 1. The van der Waals surface area contributed by atoms with E-state index in [0.29, 0.717) is 0 Å². The normalized spacial score (nSPS) is 39.2. The summed E-state index contributed by atoms with van der Waals surface area (Å²) in [5, 5.41) is 26.4. The number of Topliss-reactive ketones (excluding diaryl/α,β-unsaturated/α-hetero) is 1. The first-order valence-electron chi connectivity index (χ1n) is 3.29. The first-order valence-corrected chi connectivity index (χ1v) is 3.29. The molecule has 0 radical (unpaired) electrons.